The van der Waals surface area contributed by atoms with Gasteiger partial charge in [-0.15, -0.1) is 0 Å². The molecule has 0 saturated heterocycles. The maximum absolute atomic E-state index is 11.7. The van der Waals surface area contributed by atoms with Crippen LogP contribution in [0.2, 0.25) is 0 Å². The number of nitrogens with two attached hydrogens (primary N) is 1. The van der Waals surface area contributed by atoms with Gasteiger partial charge in [-0.05, 0) is 43.0 Å². The number of hydrogen-bond donors (Lipinski definition) is 1. The lowest BCUT2D eigenvalue weighted by Gasteiger charge is -2.33. The van der Waals surface area contributed by atoms with E-state index in [4.69, 9.17) is 10.5 Å². The molecule has 1 aliphatic rings. The summed E-state index contributed by atoms with van der Waals surface area (Å²) in [5.74, 6) is -0.192. The molecule has 0 saturated carbocycles. The number of hydrogen-bond acceptors (Lipinski definition) is 3. The van der Waals surface area contributed by atoms with Crippen molar-refractivity contribution in [2.45, 2.75) is 37.6 Å². The molecule has 2 N–H and O–H groups in total. The van der Waals surface area contributed by atoms with Gasteiger partial charge in [-0.1, -0.05) is 22.0 Å². The van der Waals surface area contributed by atoms with Gasteiger partial charge in [0.25, 0.3) is 0 Å². The average molecular weight is 312 g/mol. The van der Waals surface area contributed by atoms with Gasteiger partial charge < -0.3 is 10.5 Å². The first-order valence-electron chi connectivity index (χ1n) is 6.11. The molecule has 2 unspecified atom stereocenters. The largest absolute Gasteiger partial charge is 0.469 e. The summed E-state index contributed by atoms with van der Waals surface area (Å²) in [4.78, 5) is 11.7. The molecule has 18 heavy (non-hydrogen) atoms. The number of halogens is 1. The maximum atomic E-state index is 11.7. The van der Waals surface area contributed by atoms with Crippen LogP contribution < -0.4 is 5.73 Å². The molecule has 0 spiro atoms. The fourth-order valence-corrected chi connectivity index (χ4v) is 3.30. The van der Waals surface area contributed by atoms with Crippen molar-refractivity contribution in [1.82, 2.24) is 0 Å². The van der Waals surface area contributed by atoms with Gasteiger partial charge in [-0.2, -0.15) is 0 Å². The van der Waals surface area contributed by atoms with Crippen LogP contribution in [0.5, 0.6) is 0 Å². The highest BCUT2D eigenvalue weighted by Crippen LogP contribution is 2.44. The number of benzene rings is 1. The zero-order chi connectivity index (χ0) is 13.3. The van der Waals surface area contributed by atoms with Crippen LogP contribution in [-0.2, 0) is 21.4 Å². The predicted molar refractivity (Wildman–Crippen MR) is 74.4 cm³/mol. The zero-order valence-corrected chi connectivity index (χ0v) is 12.3. The van der Waals surface area contributed by atoms with Gasteiger partial charge in [0.1, 0.15) is 0 Å². The Morgan fingerprint density at radius 2 is 2.33 bits per heavy atom. The minimum Gasteiger partial charge on any atom is -0.469 e. The van der Waals surface area contributed by atoms with Gasteiger partial charge in [0.15, 0.2) is 0 Å². The molecule has 2 atom stereocenters. The molecule has 0 fully saturated rings. The molecular formula is C14H18BrNO2. The minimum atomic E-state index is -0.275. The van der Waals surface area contributed by atoms with E-state index in [-0.39, 0.29) is 17.4 Å². The van der Waals surface area contributed by atoms with Gasteiger partial charge in [0, 0.05) is 15.9 Å². The summed E-state index contributed by atoms with van der Waals surface area (Å²) < 4.78 is 5.89. The highest BCUT2D eigenvalue weighted by molar-refractivity contribution is 9.10. The fourth-order valence-electron chi connectivity index (χ4n) is 2.89. The third-order valence-corrected chi connectivity index (χ3v) is 4.50. The Labute approximate surface area is 116 Å². The van der Waals surface area contributed by atoms with E-state index >= 15 is 0 Å². The number of rotatable bonds is 3. The molecule has 0 radical (unpaired) electrons. The number of aryl methyl sites for hydroxylation is 1. The molecule has 3 nitrogen and oxygen atoms in total. The highest BCUT2D eigenvalue weighted by atomic mass is 79.9. The monoisotopic (exact) mass is 311 g/mol. The van der Waals surface area contributed by atoms with Crippen LogP contribution >= 0.6 is 15.9 Å². The zero-order valence-electron chi connectivity index (χ0n) is 10.7. The molecule has 2 rings (SSSR count). The molecule has 1 aromatic carbocycles. The summed E-state index contributed by atoms with van der Waals surface area (Å²) in [6.45, 7) is 1.97. The van der Waals surface area contributed by atoms with Crippen molar-refractivity contribution >= 4 is 21.9 Å². The minimum absolute atomic E-state index is 0.0703. The molecule has 0 bridgehead atoms. The van der Waals surface area contributed by atoms with E-state index in [0.29, 0.717) is 6.42 Å². The third-order valence-electron chi connectivity index (χ3n) is 4.00. The second-order valence-corrected chi connectivity index (χ2v) is 5.91. The Morgan fingerprint density at radius 1 is 1.61 bits per heavy atom. The molecule has 0 amide bonds. The normalized spacial score (nSPS) is 23.6. The lowest BCUT2D eigenvalue weighted by molar-refractivity contribution is -0.142. The van der Waals surface area contributed by atoms with E-state index in [0.717, 1.165) is 17.3 Å². The summed E-state index contributed by atoms with van der Waals surface area (Å²) in [7, 11) is 1.43. The van der Waals surface area contributed by atoms with Crippen molar-refractivity contribution in [2.24, 2.45) is 5.73 Å². The second-order valence-electron chi connectivity index (χ2n) is 5.00. The van der Waals surface area contributed by atoms with Crippen LogP contribution in [0.1, 0.15) is 30.9 Å². The van der Waals surface area contributed by atoms with Crippen molar-refractivity contribution in [3.05, 3.63) is 33.8 Å². The van der Waals surface area contributed by atoms with Crippen LogP contribution in [0.3, 0.4) is 0 Å². The number of carbonyl (C=O) groups excluding carboxylic acids is 1. The number of carbonyl (C=O) groups is 1. The van der Waals surface area contributed by atoms with Crippen molar-refractivity contribution in [1.29, 1.82) is 0 Å². The van der Waals surface area contributed by atoms with E-state index in [1.54, 1.807) is 0 Å². The molecule has 98 valence electrons. The Bertz CT molecular complexity index is 473. The lowest BCUT2D eigenvalue weighted by atomic mass is 9.73. The van der Waals surface area contributed by atoms with Crippen molar-refractivity contribution in [3.63, 3.8) is 0 Å². The van der Waals surface area contributed by atoms with Gasteiger partial charge >= 0.3 is 5.97 Å². The highest BCUT2D eigenvalue weighted by Gasteiger charge is 2.43. The van der Waals surface area contributed by atoms with Gasteiger partial charge in [-0.3, -0.25) is 4.79 Å². The molecule has 0 aliphatic heterocycles. The van der Waals surface area contributed by atoms with Crippen LogP contribution in [0.25, 0.3) is 0 Å². The quantitative estimate of drug-likeness (QED) is 0.873. The third kappa shape index (κ3) is 2.19. The lowest BCUT2D eigenvalue weighted by Crippen LogP contribution is -2.43. The first-order chi connectivity index (χ1) is 8.49. The van der Waals surface area contributed by atoms with E-state index in [2.05, 4.69) is 28.1 Å². The summed E-state index contributed by atoms with van der Waals surface area (Å²) in [5.41, 5.74) is 8.38. The molecule has 0 heterocycles. The summed E-state index contributed by atoms with van der Waals surface area (Å²) in [6, 6.07) is 6.15. The van der Waals surface area contributed by atoms with Gasteiger partial charge in [0.05, 0.1) is 13.5 Å². The Kier molecular flexibility index (Phi) is 3.78. The van der Waals surface area contributed by atoms with E-state index in [9.17, 15) is 4.79 Å². The van der Waals surface area contributed by atoms with Gasteiger partial charge in [0.2, 0.25) is 0 Å². The molecule has 1 aliphatic carbocycles. The Morgan fingerprint density at radius 3 is 2.94 bits per heavy atom. The standard InChI is InChI=1S/C14H18BrNO2/c1-9(16)14(8-13(17)18-2)6-5-10-7-11(15)3-4-12(10)14/h3-4,7,9H,5-6,8,16H2,1-2H3. The predicted octanol–water partition coefficient (Wildman–Crippen LogP) is 2.54. The summed E-state index contributed by atoms with van der Waals surface area (Å²) in [5, 5.41) is 0. The SMILES string of the molecule is COC(=O)CC1(C(C)N)CCc2cc(Br)ccc21. The van der Waals surface area contributed by atoms with E-state index < -0.39 is 0 Å². The Hall–Kier alpha value is -0.870. The van der Waals surface area contributed by atoms with Crippen LogP contribution in [0, 0.1) is 0 Å². The maximum Gasteiger partial charge on any atom is 0.306 e. The van der Waals surface area contributed by atoms with Crippen molar-refractivity contribution < 1.29 is 9.53 Å². The number of esters is 1. The first-order valence-corrected chi connectivity index (χ1v) is 6.90. The van der Waals surface area contributed by atoms with Crippen LogP contribution in [0.4, 0.5) is 0 Å². The molecule has 4 heteroatoms. The summed E-state index contributed by atoms with van der Waals surface area (Å²) >= 11 is 3.48. The van der Waals surface area contributed by atoms with Gasteiger partial charge in [-0.25, -0.2) is 0 Å². The van der Waals surface area contributed by atoms with Crippen molar-refractivity contribution in [2.75, 3.05) is 7.11 Å². The fraction of sp³-hybridized carbons (Fsp3) is 0.500. The topological polar surface area (TPSA) is 52.3 Å². The Balaban J connectivity index is 2.43. The smallest absolute Gasteiger partial charge is 0.306 e. The van der Waals surface area contributed by atoms with Crippen LogP contribution in [-0.4, -0.2) is 19.1 Å². The van der Waals surface area contributed by atoms with E-state index in [1.807, 2.05) is 13.0 Å². The number of fused-ring (bicyclic) bond motifs is 1. The summed E-state index contributed by atoms with van der Waals surface area (Å²) in [6.07, 6.45) is 2.23. The average Bonchev–Trinajstić information content (AvgIpc) is 2.68. The second kappa shape index (κ2) is 5.02. The van der Waals surface area contributed by atoms with Crippen LogP contribution in [0.15, 0.2) is 22.7 Å². The van der Waals surface area contributed by atoms with E-state index in [1.165, 1.54) is 18.2 Å². The number of methoxy groups -OCH3 is 1. The van der Waals surface area contributed by atoms with Crippen molar-refractivity contribution in [3.8, 4) is 0 Å². The molecule has 0 aromatic heterocycles. The number of ether oxygens (including phenoxy) is 1. The molecule has 1 aromatic rings. The molecular weight excluding hydrogens is 294 g/mol. The first kappa shape index (κ1) is 13.6.